The molecule has 0 aliphatic rings. The molecular weight excluding hydrogens is 723 g/mol. The van der Waals surface area contributed by atoms with Gasteiger partial charge < -0.3 is 4.57 Å². The van der Waals surface area contributed by atoms with Crippen LogP contribution in [0, 0.1) is 0 Å². The first-order valence-electron chi connectivity index (χ1n) is 19.7. The van der Waals surface area contributed by atoms with Gasteiger partial charge in [0.25, 0.3) is 0 Å². The van der Waals surface area contributed by atoms with E-state index in [9.17, 15) is 0 Å². The molecule has 0 fully saturated rings. The van der Waals surface area contributed by atoms with Gasteiger partial charge in [0.2, 0.25) is 5.95 Å². The van der Waals surface area contributed by atoms with Crippen LogP contribution in [0.4, 0.5) is 0 Å². The highest BCUT2D eigenvalue weighted by atomic mass is 15.2. The number of benzene rings is 8. The fourth-order valence-electron chi connectivity index (χ4n) is 8.71. The number of imidazole rings is 1. The van der Waals surface area contributed by atoms with Gasteiger partial charge in [-0.05, 0) is 54.6 Å². The van der Waals surface area contributed by atoms with Crippen molar-refractivity contribution in [2.75, 3.05) is 0 Å². The van der Waals surface area contributed by atoms with E-state index in [1.807, 2.05) is 72.8 Å². The number of hydrogen-bond acceptors (Lipinski definition) is 4. The van der Waals surface area contributed by atoms with E-state index in [1.54, 1.807) is 0 Å². The van der Waals surface area contributed by atoms with E-state index in [0.29, 0.717) is 17.6 Å². The molecule has 0 aliphatic carbocycles. The summed E-state index contributed by atoms with van der Waals surface area (Å²) in [7, 11) is 0. The second-order valence-electron chi connectivity index (χ2n) is 14.7. The van der Waals surface area contributed by atoms with Gasteiger partial charge in [0.15, 0.2) is 11.6 Å². The van der Waals surface area contributed by atoms with Crippen LogP contribution in [0.1, 0.15) is 0 Å². The molecule has 4 heterocycles. The van der Waals surface area contributed by atoms with Crippen LogP contribution >= 0.6 is 0 Å². The van der Waals surface area contributed by atoms with Gasteiger partial charge in [-0.15, -0.1) is 0 Å². The standard InChI is InChI=1S/C52H33N7/c1-5-17-34(18-6-1)49-54-50(35-19-7-2-8-20-35)56-52(55-49)59-44-31-29-38(58-45-28-16-14-26-42(45)53-51(58)36-21-9-3-10-22-36)33-41(44)47-46(59)32-30-40-39-25-13-15-27-43(39)57(48(40)47)37-23-11-4-12-24-37/h1-33H. The van der Waals surface area contributed by atoms with Crippen LogP contribution in [0.5, 0.6) is 0 Å². The Hall–Kier alpha value is -8.16. The van der Waals surface area contributed by atoms with Crippen LogP contribution in [0.2, 0.25) is 0 Å². The van der Waals surface area contributed by atoms with Crippen molar-refractivity contribution >= 4 is 54.6 Å². The van der Waals surface area contributed by atoms with Crippen LogP contribution < -0.4 is 0 Å². The SMILES string of the molecule is c1ccc(-c2nc(-c3ccccc3)nc(-n3c4ccc(-n5c(-c6ccccc6)nc6ccccc65)cc4c4c3ccc3c5ccccc5n(-c5ccccc5)c34)n2)cc1. The summed E-state index contributed by atoms with van der Waals surface area (Å²) in [6.45, 7) is 0. The Morgan fingerprint density at radius 1 is 0.322 bits per heavy atom. The van der Waals surface area contributed by atoms with Crippen LogP contribution in [0.25, 0.3) is 106 Å². The van der Waals surface area contributed by atoms with Gasteiger partial charge >= 0.3 is 0 Å². The molecule has 276 valence electrons. The van der Waals surface area contributed by atoms with Crippen molar-refractivity contribution in [3.8, 4) is 51.5 Å². The first-order valence-corrected chi connectivity index (χ1v) is 19.7. The fraction of sp³-hybridized carbons (Fsp3) is 0. The van der Waals surface area contributed by atoms with E-state index in [0.717, 1.165) is 77.8 Å². The van der Waals surface area contributed by atoms with Crippen molar-refractivity contribution in [1.82, 2.24) is 33.6 Å². The Morgan fingerprint density at radius 2 is 0.881 bits per heavy atom. The summed E-state index contributed by atoms with van der Waals surface area (Å²) in [6, 6.07) is 69.6. The van der Waals surface area contributed by atoms with Crippen LogP contribution in [-0.2, 0) is 0 Å². The van der Waals surface area contributed by atoms with Crippen molar-refractivity contribution < 1.29 is 0 Å². The summed E-state index contributed by atoms with van der Waals surface area (Å²) in [5.74, 6) is 2.65. The Morgan fingerprint density at radius 3 is 1.58 bits per heavy atom. The molecule has 0 aliphatic heterocycles. The molecule has 59 heavy (non-hydrogen) atoms. The molecular formula is C52H33N7. The number of aromatic nitrogens is 7. The van der Waals surface area contributed by atoms with E-state index in [4.69, 9.17) is 19.9 Å². The Kier molecular flexibility index (Phi) is 7.40. The van der Waals surface area contributed by atoms with Gasteiger partial charge in [0, 0.05) is 49.6 Å². The lowest BCUT2D eigenvalue weighted by Crippen LogP contribution is -2.06. The molecule has 12 aromatic rings. The van der Waals surface area contributed by atoms with E-state index < -0.39 is 0 Å². The van der Waals surface area contributed by atoms with Gasteiger partial charge in [0.1, 0.15) is 5.82 Å². The maximum atomic E-state index is 5.26. The Bertz CT molecular complexity index is 3470. The van der Waals surface area contributed by atoms with Crippen molar-refractivity contribution in [2.24, 2.45) is 0 Å². The molecule has 0 N–H and O–H groups in total. The normalized spacial score (nSPS) is 11.7. The minimum atomic E-state index is 0.547. The highest BCUT2D eigenvalue weighted by Crippen LogP contribution is 2.43. The highest BCUT2D eigenvalue weighted by molar-refractivity contribution is 6.26. The molecule has 0 saturated heterocycles. The Balaban J connectivity index is 1.24. The molecule has 8 aromatic carbocycles. The summed E-state index contributed by atoms with van der Waals surface area (Å²) in [5, 5.41) is 4.54. The summed E-state index contributed by atoms with van der Waals surface area (Å²) in [5.41, 5.74) is 11.2. The smallest absolute Gasteiger partial charge is 0.238 e. The molecule has 0 saturated carbocycles. The van der Waals surface area contributed by atoms with Gasteiger partial charge in [0.05, 0.1) is 33.1 Å². The second kappa shape index (κ2) is 13.2. The van der Waals surface area contributed by atoms with Crippen molar-refractivity contribution in [3.63, 3.8) is 0 Å². The number of para-hydroxylation sites is 4. The predicted octanol–water partition coefficient (Wildman–Crippen LogP) is 12.4. The first kappa shape index (κ1) is 33.0. The second-order valence-corrected chi connectivity index (χ2v) is 14.7. The van der Waals surface area contributed by atoms with E-state index in [2.05, 4.69) is 141 Å². The molecule has 0 atom stereocenters. The summed E-state index contributed by atoms with van der Waals surface area (Å²) < 4.78 is 6.90. The maximum Gasteiger partial charge on any atom is 0.238 e. The van der Waals surface area contributed by atoms with Crippen molar-refractivity contribution in [2.45, 2.75) is 0 Å². The van der Waals surface area contributed by atoms with Crippen LogP contribution in [0.15, 0.2) is 200 Å². The monoisotopic (exact) mass is 755 g/mol. The zero-order valence-electron chi connectivity index (χ0n) is 31.7. The van der Waals surface area contributed by atoms with Gasteiger partial charge in [-0.25, -0.2) is 9.97 Å². The first-order chi connectivity index (χ1) is 29.3. The fourth-order valence-corrected chi connectivity index (χ4v) is 8.71. The summed E-state index contributed by atoms with van der Waals surface area (Å²) in [6.07, 6.45) is 0. The number of rotatable bonds is 6. The average molecular weight is 756 g/mol. The molecule has 0 unspecified atom stereocenters. The maximum absolute atomic E-state index is 5.26. The largest absolute Gasteiger partial charge is 0.309 e. The summed E-state index contributed by atoms with van der Waals surface area (Å²) in [4.78, 5) is 20.8. The molecule has 0 spiro atoms. The average Bonchev–Trinajstić information content (AvgIpc) is 3.98. The van der Waals surface area contributed by atoms with E-state index >= 15 is 0 Å². The topological polar surface area (TPSA) is 66.3 Å². The third-order valence-corrected chi connectivity index (χ3v) is 11.3. The molecule has 4 aromatic heterocycles. The quantitative estimate of drug-likeness (QED) is 0.169. The molecule has 0 bridgehead atoms. The van der Waals surface area contributed by atoms with Crippen molar-refractivity contribution in [1.29, 1.82) is 0 Å². The van der Waals surface area contributed by atoms with Crippen molar-refractivity contribution in [3.05, 3.63) is 200 Å². The lowest BCUT2D eigenvalue weighted by molar-refractivity contribution is 0.953. The Labute approximate surface area is 338 Å². The highest BCUT2D eigenvalue weighted by Gasteiger charge is 2.24. The molecule has 12 rings (SSSR count). The lowest BCUT2D eigenvalue weighted by Gasteiger charge is -2.12. The zero-order chi connectivity index (χ0) is 38.9. The molecule has 0 radical (unpaired) electrons. The predicted molar refractivity (Wildman–Crippen MR) is 239 cm³/mol. The number of hydrogen-bond donors (Lipinski definition) is 0. The van der Waals surface area contributed by atoms with Gasteiger partial charge in [-0.2, -0.15) is 9.97 Å². The minimum Gasteiger partial charge on any atom is -0.309 e. The lowest BCUT2D eigenvalue weighted by atomic mass is 10.1. The minimum absolute atomic E-state index is 0.547. The van der Waals surface area contributed by atoms with Gasteiger partial charge in [-0.3, -0.25) is 9.13 Å². The number of fused-ring (bicyclic) bond motifs is 8. The van der Waals surface area contributed by atoms with Gasteiger partial charge in [-0.1, -0.05) is 146 Å². The third kappa shape index (κ3) is 5.22. The van der Waals surface area contributed by atoms with E-state index in [1.165, 1.54) is 10.8 Å². The molecule has 7 heteroatoms. The van der Waals surface area contributed by atoms with Crippen LogP contribution in [0.3, 0.4) is 0 Å². The van der Waals surface area contributed by atoms with E-state index in [-0.39, 0.29) is 0 Å². The zero-order valence-corrected chi connectivity index (χ0v) is 31.7. The number of nitrogens with zero attached hydrogens (tertiary/aromatic N) is 7. The van der Waals surface area contributed by atoms with Crippen LogP contribution in [-0.4, -0.2) is 33.6 Å². The molecule has 0 amide bonds. The molecule has 7 nitrogen and oxygen atoms in total. The third-order valence-electron chi connectivity index (χ3n) is 11.3. The summed E-state index contributed by atoms with van der Waals surface area (Å²) >= 11 is 0.